The van der Waals surface area contributed by atoms with E-state index in [-0.39, 0.29) is 40.3 Å². The molecular formula is C25H32F3N6O9PS. The largest absolute Gasteiger partial charge is 0.432 e. The molecule has 1 aliphatic rings. The number of nitrogens with zero attached hydrogens (tertiary/aromatic N) is 3. The Balaban J connectivity index is 1.51. The molecule has 3 heterocycles. The molecule has 4 rings (SSSR count). The molecule has 0 amide bonds. The third-order valence-corrected chi connectivity index (χ3v) is 9.60. The van der Waals surface area contributed by atoms with Crippen molar-refractivity contribution >= 4 is 47.4 Å². The van der Waals surface area contributed by atoms with Crippen LogP contribution in [-0.2, 0) is 29.3 Å². The summed E-state index contributed by atoms with van der Waals surface area (Å²) in [7, 11) is -4.43. The number of nitrogen functional groups attached to an aromatic ring is 1. The number of aromatic nitrogens is 4. The third kappa shape index (κ3) is 7.69. The van der Waals surface area contributed by atoms with Gasteiger partial charge in [0.05, 0.1) is 37.1 Å². The van der Waals surface area contributed by atoms with Gasteiger partial charge in [-0.15, -0.1) is 0 Å². The molecule has 2 aromatic heterocycles. The van der Waals surface area contributed by atoms with Crippen LogP contribution in [-0.4, -0.2) is 83.3 Å². The lowest BCUT2D eigenvalue weighted by Gasteiger charge is -2.27. The molecule has 0 saturated carbocycles. The second-order valence-electron chi connectivity index (χ2n) is 11.0. The number of hydrogen-bond acceptors (Lipinski definition) is 13. The predicted octanol–water partition coefficient (Wildman–Crippen LogP) is 2.26. The second-order valence-corrected chi connectivity index (χ2v) is 13.8. The van der Waals surface area contributed by atoms with Crippen molar-refractivity contribution in [3.05, 3.63) is 46.5 Å². The average Bonchev–Trinajstić information content (AvgIpc) is 3.47. The number of aromatic amines is 1. The molecule has 248 valence electrons. The van der Waals surface area contributed by atoms with Crippen LogP contribution in [0.3, 0.4) is 0 Å². The van der Waals surface area contributed by atoms with Crippen LogP contribution in [0.2, 0.25) is 0 Å². The maximum atomic E-state index is 13.8. The summed E-state index contributed by atoms with van der Waals surface area (Å²) in [6.45, 7) is 2.91. The number of fused-ring (bicyclic) bond motifs is 1. The van der Waals surface area contributed by atoms with Gasteiger partial charge in [-0.2, -0.15) is 18.2 Å². The van der Waals surface area contributed by atoms with Gasteiger partial charge in [-0.3, -0.25) is 33.3 Å². The number of hydrogen-bond donors (Lipinski definition) is 6. The van der Waals surface area contributed by atoms with Crippen molar-refractivity contribution in [1.29, 1.82) is 0 Å². The molecule has 0 bridgehead atoms. The fraction of sp³-hybridized carbons (Fsp3) is 0.520. The predicted molar refractivity (Wildman–Crippen MR) is 156 cm³/mol. The van der Waals surface area contributed by atoms with E-state index in [0.717, 1.165) is 42.4 Å². The van der Waals surface area contributed by atoms with Crippen LogP contribution in [0.15, 0.2) is 35.4 Å². The van der Waals surface area contributed by atoms with Crippen molar-refractivity contribution in [1.82, 2.24) is 19.5 Å². The molecule has 5 atom stereocenters. The molecule has 15 nitrogen and oxygen atoms in total. The molecule has 1 saturated heterocycles. The van der Waals surface area contributed by atoms with Gasteiger partial charge >= 0.3 is 13.9 Å². The molecule has 0 aliphatic carbocycles. The minimum absolute atomic E-state index is 0.0212. The summed E-state index contributed by atoms with van der Waals surface area (Å²) in [5.74, 6) is -0.258. The van der Waals surface area contributed by atoms with Gasteiger partial charge < -0.3 is 25.8 Å². The van der Waals surface area contributed by atoms with Crippen LogP contribution in [0.1, 0.15) is 32.6 Å². The smallest absolute Gasteiger partial charge is 0.395 e. The van der Waals surface area contributed by atoms with E-state index in [4.69, 9.17) is 19.5 Å². The summed E-state index contributed by atoms with van der Waals surface area (Å²) >= 11 is 0.806. The molecule has 7 N–H and O–H groups in total. The van der Waals surface area contributed by atoms with Gasteiger partial charge in [0.1, 0.15) is 17.8 Å². The lowest BCUT2D eigenvalue weighted by Crippen LogP contribution is -2.44. The third-order valence-electron chi connectivity index (χ3n) is 6.87. The quantitative estimate of drug-likeness (QED) is 0.119. The van der Waals surface area contributed by atoms with Crippen molar-refractivity contribution in [3.63, 3.8) is 0 Å². The number of H-pyrrole nitrogens is 1. The standard InChI is InChI=1S/C25H32F3N6O9PS/c1-23(2,11-35)21(38)45-9-8-41-44(40,33-14-6-4-13(5-7-14)25(26,27)28)42-10-15-17(36)24(3,39)20(43-15)34-12-30-16-18(34)31-22(29)32-19(16)37/h4-7,12,15,17,20,35-36,39H,8-11H2,1-3H3,(H,33,40)(H3,29,31,32,37)/t15-,17-,20-,24-,44?/m1/s1. The van der Waals surface area contributed by atoms with Crippen LogP contribution >= 0.6 is 19.5 Å². The summed E-state index contributed by atoms with van der Waals surface area (Å²) in [4.78, 5) is 34.8. The zero-order chi connectivity index (χ0) is 33.4. The first-order chi connectivity index (χ1) is 20.9. The molecule has 3 aromatic rings. The monoisotopic (exact) mass is 680 g/mol. The van der Waals surface area contributed by atoms with E-state index in [0.29, 0.717) is 0 Å². The Hall–Kier alpha value is -3.03. The molecule has 0 spiro atoms. The average molecular weight is 681 g/mol. The van der Waals surface area contributed by atoms with Crippen LogP contribution in [0.5, 0.6) is 0 Å². The van der Waals surface area contributed by atoms with Crippen LogP contribution in [0, 0.1) is 5.41 Å². The van der Waals surface area contributed by atoms with Crippen molar-refractivity contribution in [2.75, 3.05) is 36.4 Å². The number of thioether (sulfide) groups is 1. The summed E-state index contributed by atoms with van der Waals surface area (Å²) in [5, 5.41) is 33.5. The highest BCUT2D eigenvalue weighted by Crippen LogP contribution is 2.50. The number of aliphatic hydroxyl groups excluding tert-OH is 2. The van der Waals surface area contributed by atoms with E-state index in [1.54, 1.807) is 0 Å². The molecule has 20 heteroatoms. The van der Waals surface area contributed by atoms with Gasteiger partial charge in [0.15, 0.2) is 22.5 Å². The van der Waals surface area contributed by atoms with Gasteiger partial charge in [0, 0.05) is 11.4 Å². The van der Waals surface area contributed by atoms with E-state index < -0.39 is 67.7 Å². The van der Waals surface area contributed by atoms with Crippen molar-refractivity contribution in [2.45, 2.75) is 51.0 Å². The van der Waals surface area contributed by atoms with Crippen LogP contribution in [0.25, 0.3) is 11.2 Å². The number of ether oxygens (including phenoxy) is 1. The number of carbonyl (C=O) groups is 1. The maximum absolute atomic E-state index is 13.8. The first kappa shape index (κ1) is 34.8. The highest BCUT2D eigenvalue weighted by atomic mass is 32.2. The Morgan fingerprint density at radius 3 is 2.58 bits per heavy atom. The first-order valence-corrected chi connectivity index (χ1v) is 15.8. The van der Waals surface area contributed by atoms with Gasteiger partial charge in [0.25, 0.3) is 5.56 Å². The normalized spacial score (nSPS) is 23.7. The highest BCUT2D eigenvalue weighted by Gasteiger charge is 2.54. The molecule has 1 aromatic carbocycles. The molecule has 0 radical (unpaired) electrons. The first-order valence-electron chi connectivity index (χ1n) is 13.3. The number of alkyl halides is 3. The number of rotatable bonds is 12. The Morgan fingerprint density at radius 1 is 1.29 bits per heavy atom. The van der Waals surface area contributed by atoms with E-state index >= 15 is 0 Å². The number of aliphatic hydroxyl groups is 3. The van der Waals surface area contributed by atoms with E-state index in [9.17, 15) is 42.6 Å². The van der Waals surface area contributed by atoms with Gasteiger partial charge in [-0.05, 0) is 45.0 Å². The SMILES string of the molecule is CC(C)(CO)C(=O)SCCOP(=O)(Nc1ccc(C(F)(F)F)cc1)OC[C@H]1O[C@@H](n2cnc3c(=O)[nH]c(N)nc32)[C@](C)(O)[C@@H]1O. The number of halogens is 3. The zero-order valence-electron chi connectivity index (χ0n) is 24.1. The Labute approximate surface area is 257 Å². The summed E-state index contributed by atoms with van der Waals surface area (Å²) in [5.41, 5.74) is 0.741. The topological polar surface area (TPSA) is 224 Å². The Kier molecular flexibility index (Phi) is 10.1. The lowest BCUT2D eigenvalue weighted by atomic mass is 9.96. The number of nitrogens with two attached hydrogens (primary N) is 1. The number of anilines is 2. The minimum Gasteiger partial charge on any atom is -0.395 e. The van der Waals surface area contributed by atoms with Crippen LogP contribution < -0.4 is 16.4 Å². The maximum Gasteiger partial charge on any atom is 0.432 e. The molecule has 1 fully saturated rings. The molecular weight excluding hydrogens is 648 g/mol. The van der Waals surface area contributed by atoms with Gasteiger partial charge in [-0.1, -0.05) is 11.8 Å². The molecule has 1 unspecified atom stereocenters. The summed E-state index contributed by atoms with van der Waals surface area (Å²) < 4.78 is 70.8. The summed E-state index contributed by atoms with van der Waals surface area (Å²) in [6, 6.07) is 3.53. The van der Waals surface area contributed by atoms with Crippen molar-refractivity contribution in [3.8, 4) is 0 Å². The summed E-state index contributed by atoms with van der Waals surface area (Å²) in [6.07, 6.45) is -7.85. The number of benzene rings is 1. The Morgan fingerprint density at radius 2 is 1.96 bits per heavy atom. The van der Waals surface area contributed by atoms with E-state index in [2.05, 4.69) is 20.0 Å². The van der Waals surface area contributed by atoms with Gasteiger partial charge in [0.2, 0.25) is 5.95 Å². The molecule has 45 heavy (non-hydrogen) atoms. The fourth-order valence-corrected chi connectivity index (χ4v) is 6.48. The number of imidazole rings is 1. The Bertz CT molecular complexity index is 1630. The minimum atomic E-state index is -4.61. The fourth-order valence-electron chi connectivity index (χ4n) is 4.21. The zero-order valence-corrected chi connectivity index (χ0v) is 25.9. The van der Waals surface area contributed by atoms with E-state index in [1.165, 1.54) is 25.3 Å². The number of carbonyl (C=O) groups excluding carboxylic acids is 1. The van der Waals surface area contributed by atoms with Gasteiger partial charge in [-0.25, -0.2) is 9.55 Å². The lowest BCUT2D eigenvalue weighted by molar-refractivity contribution is -0.137. The second kappa shape index (κ2) is 13.0. The highest BCUT2D eigenvalue weighted by molar-refractivity contribution is 8.13. The van der Waals surface area contributed by atoms with E-state index in [1.807, 2.05) is 0 Å². The number of nitrogens with one attached hydrogen (secondary N) is 2. The van der Waals surface area contributed by atoms with Crippen LogP contribution in [0.4, 0.5) is 24.8 Å². The van der Waals surface area contributed by atoms with Crippen molar-refractivity contribution in [2.24, 2.45) is 5.41 Å². The van der Waals surface area contributed by atoms with Crippen molar-refractivity contribution < 1.29 is 51.6 Å². The molecule has 1 aliphatic heterocycles.